The molecular weight excluding hydrogens is 146 g/mol. The highest BCUT2D eigenvalue weighted by Gasteiger charge is 2.13. The molecule has 4 nitrogen and oxygen atoms in total. The topological polar surface area (TPSA) is 63.1 Å². The molecule has 0 atom stereocenters. The molecule has 0 unspecified atom stereocenters. The Bertz CT molecular complexity index is 321. The lowest BCUT2D eigenvalue weighted by Gasteiger charge is -1.88. The molecule has 1 aromatic heterocycles. The highest BCUT2D eigenvalue weighted by Crippen LogP contribution is 2.01. The maximum atomic E-state index is 10.8. The van der Waals surface area contributed by atoms with Crippen LogP contribution in [0.15, 0.2) is 9.32 Å². The number of aromatic nitrogens is 1. The Balaban J connectivity index is 3.29. The average Bonchev–Trinajstić information content (AvgIpc) is 2.30. The third kappa shape index (κ3) is 1.24. The fourth-order valence-electron chi connectivity index (χ4n) is 0.938. The molecule has 1 N–H and O–H groups in total. The minimum absolute atomic E-state index is 0.146. The van der Waals surface area contributed by atoms with Crippen molar-refractivity contribution in [3.8, 4) is 0 Å². The lowest BCUT2D eigenvalue weighted by molar-refractivity contribution is 0.101. The van der Waals surface area contributed by atoms with Gasteiger partial charge in [-0.2, -0.15) is 0 Å². The second-order valence-electron chi connectivity index (χ2n) is 2.25. The normalized spacial score (nSPS) is 10.0. The molecule has 0 aliphatic carbocycles. The van der Waals surface area contributed by atoms with Gasteiger partial charge in [0.1, 0.15) is 5.56 Å². The van der Waals surface area contributed by atoms with E-state index in [4.69, 9.17) is 0 Å². The largest absolute Gasteiger partial charge is 0.368 e. The molecule has 1 heterocycles. The summed E-state index contributed by atoms with van der Waals surface area (Å²) in [7, 11) is 0. The molecule has 0 aliphatic heterocycles. The molecule has 0 aliphatic rings. The van der Waals surface area contributed by atoms with Gasteiger partial charge in [-0.25, -0.2) is 9.95 Å². The number of nitrogens with one attached hydrogen (secondary N) is 1. The Kier molecular flexibility index (Phi) is 1.94. The SMILES string of the molecule is CCc1[nH]oc(=O)c1C(C)=O. The van der Waals surface area contributed by atoms with Crippen LogP contribution in [0.1, 0.15) is 29.9 Å². The van der Waals surface area contributed by atoms with Crippen LogP contribution >= 0.6 is 0 Å². The molecule has 1 aromatic rings. The average molecular weight is 155 g/mol. The summed E-state index contributed by atoms with van der Waals surface area (Å²) < 4.78 is 4.45. The molecule has 11 heavy (non-hydrogen) atoms. The summed E-state index contributed by atoms with van der Waals surface area (Å²) in [6.07, 6.45) is 0.598. The first-order chi connectivity index (χ1) is 5.16. The number of Topliss-reactive ketones (excluding diaryl/α,β-unsaturated/α-hetero) is 1. The highest BCUT2D eigenvalue weighted by atomic mass is 16.5. The highest BCUT2D eigenvalue weighted by molar-refractivity contribution is 5.94. The van der Waals surface area contributed by atoms with Crippen molar-refractivity contribution in [2.24, 2.45) is 0 Å². The minimum Gasteiger partial charge on any atom is -0.338 e. The van der Waals surface area contributed by atoms with E-state index in [-0.39, 0.29) is 11.3 Å². The van der Waals surface area contributed by atoms with Crippen LogP contribution in [0.2, 0.25) is 0 Å². The zero-order valence-corrected chi connectivity index (χ0v) is 6.43. The summed E-state index contributed by atoms with van der Waals surface area (Å²) in [5.41, 5.74) is 0.143. The molecule has 0 amide bonds. The van der Waals surface area contributed by atoms with Gasteiger partial charge in [0, 0.05) is 0 Å². The number of aryl methyl sites for hydroxylation is 1. The van der Waals surface area contributed by atoms with Crippen LogP contribution in [0.3, 0.4) is 0 Å². The van der Waals surface area contributed by atoms with Crippen molar-refractivity contribution >= 4 is 5.78 Å². The number of rotatable bonds is 2. The third-order valence-electron chi connectivity index (χ3n) is 1.48. The van der Waals surface area contributed by atoms with Crippen molar-refractivity contribution in [2.75, 3.05) is 0 Å². The number of aromatic amines is 1. The van der Waals surface area contributed by atoms with E-state index in [0.29, 0.717) is 12.1 Å². The second-order valence-corrected chi connectivity index (χ2v) is 2.25. The Hall–Kier alpha value is -1.32. The maximum Gasteiger partial charge on any atom is 0.368 e. The molecule has 60 valence electrons. The van der Waals surface area contributed by atoms with Crippen LogP contribution < -0.4 is 5.63 Å². The Labute approximate surface area is 63.2 Å². The van der Waals surface area contributed by atoms with Gasteiger partial charge in [0.25, 0.3) is 0 Å². The van der Waals surface area contributed by atoms with Gasteiger partial charge in [-0.15, -0.1) is 0 Å². The zero-order valence-electron chi connectivity index (χ0n) is 6.43. The predicted molar refractivity (Wildman–Crippen MR) is 38.7 cm³/mol. The van der Waals surface area contributed by atoms with E-state index in [1.165, 1.54) is 6.92 Å². The Morgan fingerprint density at radius 2 is 2.27 bits per heavy atom. The van der Waals surface area contributed by atoms with E-state index in [0.717, 1.165) is 0 Å². The van der Waals surface area contributed by atoms with Crippen LogP contribution in [0, 0.1) is 0 Å². The molecule has 0 fully saturated rings. The molecule has 1 rings (SSSR count). The van der Waals surface area contributed by atoms with E-state index >= 15 is 0 Å². The summed E-state index contributed by atoms with van der Waals surface area (Å²) in [4.78, 5) is 21.6. The maximum absolute atomic E-state index is 10.8. The van der Waals surface area contributed by atoms with Gasteiger partial charge in [0.05, 0.1) is 5.69 Å². The van der Waals surface area contributed by atoms with Crippen LogP contribution in [0.25, 0.3) is 0 Å². The number of hydrogen-bond donors (Lipinski definition) is 1. The van der Waals surface area contributed by atoms with Gasteiger partial charge in [0.2, 0.25) is 0 Å². The van der Waals surface area contributed by atoms with E-state index in [2.05, 4.69) is 9.68 Å². The number of hydrogen-bond acceptors (Lipinski definition) is 3. The van der Waals surface area contributed by atoms with Crippen LogP contribution in [0.4, 0.5) is 0 Å². The lowest BCUT2D eigenvalue weighted by atomic mass is 10.1. The van der Waals surface area contributed by atoms with Gasteiger partial charge in [-0.05, 0) is 13.3 Å². The van der Waals surface area contributed by atoms with Crippen LogP contribution in [0.5, 0.6) is 0 Å². The standard InChI is InChI=1S/C7H9NO3/c1-3-5-6(4(2)9)7(10)11-8-5/h8H,3H2,1-2H3. The molecule has 0 saturated heterocycles. The van der Waals surface area contributed by atoms with Crippen LogP contribution in [-0.4, -0.2) is 10.9 Å². The number of carbonyl (C=O) groups is 1. The number of ketones is 1. The van der Waals surface area contributed by atoms with E-state index in [1.807, 2.05) is 6.92 Å². The van der Waals surface area contributed by atoms with Crippen molar-refractivity contribution in [3.63, 3.8) is 0 Å². The van der Waals surface area contributed by atoms with Gasteiger partial charge in [-0.3, -0.25) is 4.79 Å². The van der Waals surface area contributed by atoms with Crippen molar-refractivity contribution < 1.29 is 9.32 Å². The van der Waals surface area contributed by atoms with Gasteiger partial charge < -0.3 is 4.52 Å². The smallest absolute Gasteiger partial charge is 0.338 e. The van der Waals surface area contributed by atoms with Gasteiger partial charge in [-0.1, -0.05) is 6.92 Å². The molecule has 0 bridgehead atoms. The number of carbonyl (C=O) groups excluding carboxylic acids is 1. The monoisotopic (exact) mass is 155 g/mol. The Morgan fingerprint density at radius 1 is 1.64 bits per heavy atom. The summed E-state index contributed by atoms with van der Waals surface area (Å²) in [5, 5.41) is 2.40. The molecule has 0 aromatic carbocycles. The van der Waals surface area contributed by atoms with E-state index < -0.39 is 5.63 Å². The summed E-state index contributed by atoms with van der Waals surface area (Å²) in [6, 6.07) is 0. The quantitative estimate of drug-likeness (QED) is 0.640. The minimum atomic E-state index is -0.575. The fourth-order valence-corrected chi connectivity index (χ4v) is 0.938. The summed E-state index contributed by atoms with van der Waals surface area (Å²) in [6.45, 7) is 3.19. The molecule has 0 radical (unpaired) electrons. The van der Waals surface area contributed by atoms with Crippen LogP contribution in [-0.2, 0) is 6.42 Å². The number of H-pyrrole nitrogens is 1. The zero-order chi connectivity index (χ0) is 8.43. The van der Waals surface area contributed by atoms with Gasteiger partial charge >= 0.3 is 5.63 Å². The van der Waals surface area contributed by atoms with Gasteiger partial charge in [0.15, 0.2) is 5.78 Å². The summed E-state index contributed by atoms with van der Waals surface area (Å²) in [5.74, 6) is -0.253. The van der Waals surface area contributed by atoms with E-state index in [9.17, 15) is 9.59 Å². The first-order valence-corrected chi connectivity index (χ1v) is 3.38. The fraction of sp³-hybridized carbons (Fsp3) is 0.429. The van der Waals surface area contributed by atoms with Crippen molar-refractivity contribution in [1.82, 2.24) is 5.16 Å². The lowest BCUT2D eigenvalue weighted by Crippen LogP contribution is -2.08. The Morgan fingerprint density at radius 3 is 2.64 bits per heavy atom. The predicted octanol–water partition coefficient (Wildman–Crippen LogP) is 0.733. The van der Waals surface area contributed by atoms with Crippen molar-refractivity contribution in [1.29, 1.82) is 0 Å². The molecule has 4 heteroatoms. The van der Waals surface area contributed by atoms with Crippen molar-refractivity contribution in [2.45, 2.75) is 20.3 Å². The first-order valence-electron chi connectivity index (χ1n) is 3.38. The molecule has 0 saturated carbocycles. The van der Waals surface area contributed by atoms with E-state index in [1.54, 1.807) is 0 Å². The summed E-state index contributed by atoms with van der Waals surface area (Å²) >= 11 is 0. The molecular formula is C7H9NO3. The third-order valence-corrected chi connectivity index (χ3v) is 1.48. The van der Waals surface area contributed by atoms with Crippen molar-refractivity contribution in [3.05, 3.63) is 21.7 Å². The second kappa shape index (κ2) is 2.74. The first kappa shape index (κ1) is 7.78. The molecule has 0 spiro atoms.